The van der Waals surface area contributed by atoms with E-state index in [2.05, 4.69) is 22.6 Å². The molecule has 1 aliphatic rings. The molecule has 0 heterocycles. The van der Waals surface area contributed by atoms with Crippen LogP contribution in [0.2, 0.25) is 0 Å². The molecule has 3 rings (SSSR count). The van der Waals surface area contributed by atoms with Gasteiger partial charge in [-0.25, -0.2) is 4.39 Å². The summed E-state index contributed by atoms with van der Waals surface area (Å²) >= 11 is 2.23. The highest BCUT2D eigenvalue weighted by Gasteiger charge is 2.30. The van der Waals surface area contributed by atoms with Crippen LogP contribution in [0, 0.1) is 9.39 Å². The lowest BCUT2D eigenvalue weighted by Crippen LogP contribution is -2.03. The maximum atomic E-state index is 13.2. The molecule has 1 saturated carbocycles. The van der Waals surface area contributed by atoms with E-state index in [1.807, 2.05) is 13.0 Å². The van der Waals surface area contributed by atoms with Gasteiger partial charge in [-0.05, 0) is 77.6 Å². The van der Waals surface area contributed by atoms with Gasteiger partial charge in [-0.3, -0.25) is 4.79 Å². The van der Waals surface area contributed by atoms with Crippen molar-refractivity contribution in [1.82, 2.24) is 0 Å². The first-order valence-corrected chi connectivity index (χ1v) is 8.43. The molecule has 0 radical (unpaired) electrons. The largest absolute Gasteiger partial charge is 0.492 e. The van der Waals surface area contributed by atoms with Crippen molar-refractivity contribution in [2.45, 2.75) is 25.7 Å². The second kappa shape index (κ2) is 6.36. The van der Waals surface area contributed by atoms with E-state index in [-0.39, 0.29) is 5.82 Å². The predicted octanol–water partition coefficient (Wildman–Crippen LogP) is 5.19. The summed E-state index contributed by atoms with van der Waals surface area (Å²) in [5, 5.41) is 0. The predicted molar refractivity (Wildman–Crippen MR) is 93.1 cm³/mol. The molecule has 1 fully saturated rings. The van der Waals surface area contributed by atoms with Crippen LogP contribution in [0.5, 0.6) is 5.75 Å². The lowest BCUT2D eigenvalue weighted by Gasteiger charge is -2.17. The van der Waals surface area contributed by atoms with Gasteiger partial charge in [0.25, 0.3) is 0 Å². The van der Waals surface area contributed by atoms with Crippen LogP contribution in [0.1, 0.15) is 41.6 Å². The first kappa shape index (κ1) is 15.5. The molecule has 2 aromatic rings. The number of benzene rings is 2. The first-order chi connectivity index (χ1) is 10.7. The standard InChI is InChI=1S/C18H16FIO2/c1-2-22-18-13(10-21)9-15(11-3-4-11)16(17(18)20)12-5-7-14(19)8-6-12/h5-11H,2-4H2,1H3. The van der Waals surface area contributed by atoms with E-state index in [1.165, 1.54) is 17.7 Å². The molecular weight excluding hydrogens is 394 g/mol. The van der Waals surface area contributed by atoms with Crippen molar-refractivity contribution in [3.05, 3.63) is 50.8 Å². The monoisotopic (exact) mass is 410 g/mol. The van der Waals surface area contributed by atoms with Gasteiger partial charge in [0.2, 0.25) is 0 Å². The van der Waals surface area contributed by atoms with E-state index in [0.29, 0.717) is 23.8 Å². The SMILES string of the molecule is CCOc1c(C=O)cc(C2CC2)c(-c2ccc(F)cc2)c1I. The van der Waals surface area contributed by atoms with Gasteiger partial charge in [-0.2, -0.15) is 0 Å². The number of rotatable bonds is 5. The fraction of sp³-hybridized carbons (Fsp3) is 0.278. The van der Waals surface area contributed by atoms with Crippen molar-refractivity contribution in [3.63, 3.8) is 0 Å². The molecule has 0 saturated heterocycles. The Labute approximate surface area is 142 Å². The number of carbonyl (C=O) groups is 1. The lowest BCUT2D eigenvalue weighted by molar-refractivity contribution is 0.111. The van der Waals surface area contributed by atoms with E-state index in [1.54, 1.807) is 12.1 Å². The number of aldehydes is 1. The van der Waals surface area contributed by atoms with Gasteiger partial charge < -0.3 is 4.74 Å². The Morgan fingerprint density at radius 3 is 2.55 bits per heavy atom. The minimum Gasteiger partial charge on any atom is -0.492 e. The van der Waals surface area contributed by atoms with Gasteiger partial charge in [-0.15, -0.1) is 0 Å². The molecular formula is C18H16FIO2. The zero-order valence-corrected chi connectivity index (χ0v) is 14.4. The molecule has 0 N–H and O–H groups in total. The Hall–Kier alpha value is -1.43. The quantitative estimate of drug-likeness (QED) is 0.501. The highest BCUT2D eigenvalue weighted by atomic mass is 127. The van der Waals surface area contributed by atoms with E-state index in [0.717, 1.165) is 33.8 Å². The lowest BCUT2D eigenvalue weighted by atomic mass is 9.94. The van der Waals surface area contributed by atoms with Crippen molar-refractivity contribution in [3.8, 4) is 16.9 Å². The number of carbonyl (C=O) groups excluding carboxylic acids is 1. The van der Waals surface area contributed by atoms with Crippen LogP contribution in [0.15, 0.2) is 30.3 Å². The topological polar surface area (TPSA) is 26.3 Å². The Bertz CT molecular complexity index is 706. The fourth-order valence-corrected chi connectivity index (χ4v) is 3.77. The van der Waals surface area contributed by atoms with Crippen LogP contribution < -0.4 is 4.74 Å². The number of halogens is 2. The zero-order chi connectivity index (χ0) is 15.7. The summed E-state index contributed by atoms with van der Waals surface area (Å²) in [5.41, 5.74) is 3.80. The van der Waals surface area contributed by atoms with Gasteiger partial charge in [-0.1, -0.05) is 12.1 Å². The molecule has 2 nitrogen and oxygen atoms in total. The molecule has 0 unspecified atom stereocenters. The minimum absolute atomic E-state index is 0.249. The highest BCUT2D eigenvalue weighted by molar-refractivity contribution is 14.1. The molecule has 1 aliphatic carbocycles. The molecule has 22 heavy (non-hydrogen) atoms. The van der Waals surface area contributed by atoms with Crippen LogP contribution in [0.25, 0.3) is 11.1 Å². The average Bonchev–Trinajstić information content (AvgIpc) is 3.35. The van der Waals surface area contributed by atoms with Crippen molar-refractivity contribution in [2.75, 3.05) is 6.61 Å². The summed E-state index contributed by atoms with van der Waals surface area (Å²) in [5.74, 6) is 0.867. The molecule has 2 aromatic carbocycles. The second-order valence-electron chi connectivity index (χ2n) is 5.41. The Balaban J connectivity index is 2.23. The summed E-state index contributed by atoms with van der Waals surface area (Å²) in [6.07, 6.45) is 3.13. The fourth-order valence-electron chi connectivity index (χ4n) is 2.68. The van der Waals surface area contributed by atoms with Crippen molar-refractivity contribution in [1.29, 1.82) is 0 Å². The smallest absolute Gasteiger partial charge is 0.153 e. The van der Waals surface area contributed by atoms with Crippen LogP contribution in [-0.4, -0.2) is 12.9 Å². The second-order valence-corrected chi connectivity index (χ2v) is 6.48. The van der Waals surface area contributed by atoms with Gasteiger partial charge in [0.1, 0.15) is 11.6 Å². The van der Waals surface area contributed by atoms with Crippen molar-refractivity contribution < 1.29 is 13.9 Å². The van der Waals surface area contributed by atoms with Crippen molar-refractivity contribution in [2.24, 2.45) is 0 Å². The zero-order valence-electron chi connectivity index (χ0n) is 12.2. The third kappa shape index (κ3) is 2.89. The van der Waals surface area contributed by atoms with E-state index >= 15 is 0 Å². The van der Waals surface area contributed by atoms with Gasteiger partial charge in [0, 0.05) is 5.56 Å². The molecule has 0 amide bonds. The molecule has 0 spiro atoms. The Kier molecular flexibility index (Phi) is 4.47. The number of hydrogen-bond donors (Lipinski definition) is 0. The Morgan fingerprint density at radius 1 is 1.32 bits per heavy atom. The van der Waals surface area contributed by atoms with E-state index < -0.39 is 0 Å². The third-order valence-corrected chi connectivity index (χ3v) is 4.88. The third-order valence-electron chi connectivity index (χ3n) is 3.85. The summed E-state index contributed by atoms with van der Waals surface area (Å²) in [7, 11) is 0. The normalized spacial score (nSPS) is 14.0. The molecule has 0 aliphatic heterocycles. The van der Waals surface area contributed by atoms with Gasteiger partial charge in [0.15, 0.2) is 6.29 Å². The van der Waals surface area contributed by atoms with Gasteiger partial charge >= 0.3 is 0 Å². The first-order valence-electron chi connectivity index (χ1n) is 7.36. The van der Waals surface area contributed by atoms with Crippen LogP contribution in [-0.2, 0) is 0 Å². The maximum absolute atomic E-state index is 13.2. The molecule has 4 heteroatoms. The van der Waals surface area contributed by atoms with Crippen molar-refractivity contribution >= 4 is 28.9 Å². The summed E-state index contributed by atoms with van der Waals surface area (Å²) in [6, 6.07) is 8.45. The molecule has 0 bridgehead atoms. The summed E-state index contributed by atoms with van der Waals surface area (Å²) in [4.78, 5) is 11.4. The molecule has 0 aromatic heterocycles. The summed E-state index contributed by atoms with van der Waals surface area (Å²) < 4.78 is 19.8. The molecule has 114 valence electrons. The maximum Gasteiger partial charge on any atom is 0.153 e. The molecule has 0 atom stereocenters. The Morgan fingerprint density at radius 2 is 2.00 bits per heavy atom. The minimum atomic E-state index is -0.249. The van der Waals surface area contributed by atoms with Crippen LogP contribution in [0.3, 0.4) is 0 Å². The number of ether oxygens (including phenoxy) is 1. The highest BCUT2D eigenvalue weighted by Crippen LogP contribution is 2.48. The number of hydrogen-bond acceptors (Lipinski definition) is 2. The van der Waals surface area contributed by atoms with Crippen LogP contribution in [0.4, 0.5) is 4.39 Å². The van der Waals surface area contributed by atoms with E-state index in [4.69, 9.17) is 4.74 Å². The summed E-state index contributed by atoms with van der Waals surface area (Å²) in [6.45, 7) is 2.40. The van der Waals surface area contributed by atoms with Gasteiger partial charge in [0.05, 0.1) is 15.7 Å². The van der Waals surface area contributed by atoms with Crippen LogP contribution >= 0.6 is 22.6 Å². The average molecular weight is 410 g/mol. The van der Waals surface area contributed by atoms with E-state index in [9.17, 15) is 9.18 Å².